The highest BCUT2D eigenvalue weighted by Gasteiger charge is 2.25. The number of rotatable bonds is 6. The summed E-state index contributed by atoms with van der Waals surface area (Å²) in [5.74, 6) is 0.419. The summed E-state index contributed by atoms with van der Waals surface area (Å²) in [6.45, 7) is 7.22. The third-order valence-corrected chi connectivity index (χ3v) is 5.28. The molecule has 0 spiro atoms. The van der Waals surface area contributed by atoms with Crippen LogP contribution in [0, 0.1) is 13.8 Å². The fourth-order valence-electron chi connectivity index (χ4n) is 3.68. The van der Waals surface area contributed by atoms with E-state index in [1.807, 2.05) is 12.1 Å². The summed E-state index contributed by atoms with van der Waals surface area (Å²) in [5.41, 5.74) is 3.43. The molecular weight excluding hydrogens is 358 g/mol. The monoisotopic (exact) mass is 385 g/mol. The van der Waals surface area contributed by atoms with E-state index in [1.165, 1.54) is 7.11 Å². The average molecular weight is 385 g/mol. The SMILES string of the molecule is COC(=O)c1c(C)[nH]c(C(=O)CN2CCN(c3ccc(OC)cc3)CC2)c1C. The van der Waals surface area contributed by atoms with Crippen LogP contribution in [-0.2, 0) is 4.74 Å². The first-order valence-electron chi connectivity index (χ1n) is 9.36. The smallest absolute Gasteiger partial charge is 0.339 e. The number of hydrogen-bond acceptors (Lipinski definition) is 6. The van der Waals surface area contributed by atoms with Gasteiger partial charge in [0, 0.05) is 37.6 Å². The molecule has 0 saturated carbocycles. The number of benzene rings is 1. The Balaban J connectivity index is 1.60. The predicted molar refractivity (Wildman–Crippen MR) is 108 cm³/mol. The molecule has 1 N–H and O–H groups in total. The van der Waals surface area contributed by atoms with E-state index in [0.717, 1.165) is 37.6 Å². The molecular formula is C21H27N3O4. The zero-order valence-corrected chi connectivity index (χ0v) is 16.9. The number of piperazine rings is 1. The lowest BCUT2D eigenvalue weighted by Crippen LogP contribution is -2.48. The summed E-state index contributed by atoms with van der Waals surface area (Å²) in [6.07, 6.45) is 0. The highest BCUT2D eigenvalue weighted by Crippen LogP contribution is 2.22. The first-order chi connectivity index (χ1) is 13.4. The van der Waals surface area contributed by atoms with E-state index < -0.39 is 5.97 Å². The summed E-state index contributed by atoms with van der Waals surface area (Å²) in [5, 5.41) is 0. The van der Waals surface area contributed by atoms with Crippen molar-refractivity contribution in [3.8, 4) is 5.75 Å². The van der Waals surface area contributed by atoms with Crippen molar-refractivity contribution in [1.29, 1.82) is 0 Å². The molecule has 1 saturated heterocycles. The number of esters is 1. The molecule has 0 atom stereocenters. The normalized spacial score (nSPS) is 14.8. The van der Waals surface area contributed by atoms with Crippen molar-refractivity contribution < 1.29 is 19.1 Å². The first-order valence-corrected chi connectivity index (χ1v) is 9.36. The molecule has 2 heterocycles. The van der Waals surface area contributed by atoms with Crippen molar-refractivity contribution in [2.45, 2.75) is 13.8 Å². The molecule has 0 bridgehead atoms. The van der Waals surface area contributed by atoms with Gasteiger partial charge >= 0.3 is 5.97 Å². The van der Waals surface area contributed by atoms with Crippen molar-refractivity contribution in [3.63, 3.8) is 0 Å². The highest BCUT2D eigenvalue weighted by molar-refractivity contribution is 6.02. The van der Waals surface area contributed by atoms with Crippen LogP contribution >= 0.6 is 0 Å². The van der Waals surface area contributed by atoms with E-state index in [4.69, 9.17) is 9.47 Å². The minimum absolute atomic E-state index is 0.00588. The van der Waals surface area contributed by atoms with E-state index in [1.54, 1.807) is 21.0 Å². The van der Waals surface area contributed by atoms with Gasteiger partial charge in [-0.25, -0.2) is 4.79 Å². The zero-order valence-electron chi connectivity index (χ0n) is 16.9. The van der Waals surface area contributed by atoms with Crippen LogP contribution in [0.25, 0.3) is 0 Å². The number of hydrogen-bond donors (Lipinski definition) is 1. The van der Waals surface area contributed by atoms with Gasteiger partial charge in [0.15, 0.2) is 5.78 Å². The van der Waals surface area contributed by atoms with Crippen molar-refractivity contribution in [2.24, 2.45) is 0 Å². The van der Waals surface area contributed by atoms with Crippen molar-refractivity contribution in [1.82, 2.24) is 9.88 Å². The fraction of sp³-hybridized carbons (Fsp3) is 0.429. The van der Waals surface area contributed by atoms with Gasteiger partial charge in [0.05, 0.1) is 32.0 Å². The Kier molecular flexibility index (Phi) is 6.04. The quantitative estimate of drug-likeness (QED) is 0.608. The average Bonchev–Trinajstić information content (AvgIpc) is 3.02. The number of ketones is 1. The predicted octanol–water partition coefficient (Wildman–Crippen LogP) is 2.43. The molecule has 1 aliphatic heterocycles. The van der Waals surface area contributed by atoms with Gasteiger partial charge in [-0.15, -0.1) is 0 Å². The maximum atomic E-state index is 12.8. The van der Waals surface area contributed by atoms with Gasteiger partial charge < -0.3 is 19.4 Å². The van der Waals surface area contributed by atoms with Gasteiger partial charge in [0.1, 0.15) is 5.75 Å². The summed E-state index contributed by atoms with van der Waals surface area (Å²) >= 11 is 0. The number of nitrogens with zero attached hydrogens (tertiary/aromatic N) is 2. The second kappa shape index (κ2) is 8.48. The Bertz CT molecular complexity index is 849. The molecule has 1 aromatic carbocycles. The minimum atomic E-state index is -0.418. The second-order valence-corrected chi connectivity index (χ2v) is 7.00. The molecule has 1 fully saturated rings. The summed E-state index contributed by atoms with van der Waals surface area (Å²) in [7, 11) is 3.00. The molecule has 7 nitrogen and oxygen atoms in total. The van der Waals surface area contributed by atoms with Gasteiger partial charge in [-0.3, -0.25) is 9.69 Å². The van der Waals surface area contributed by atoms with Crippen LogP contribution in [0.5, 0.6) is 5.75 Å². The zero-order chi connectivity index (χ0) is 20.3. The van der Waals surface area contributed by atoms with E-state index in [2.05, 4.69) is 26.9 Å². The molecule has 150 valence electrons. The topological polar surface area (TPSA) is 74.9 Å². The lowest BCUT2D eigenvalue weighted by atomic mass is 10.1. The number of anilines is 1. The van der Waals surface area contributed by atoms with Crippen molar-refractivity contribution >= 4 is 17.4 Å². The number of aromatic nitrogens is 1. The van der Waals surface area contributed by atoms with E-state index >= 15 is 0 Å². The second-order valence-electron chi connectivity index (χ2n) is 7.00. The van der Waals surface area contributed by atoms with Gasteiger partial charge in [0.25, 0.3) is 0 Å². The number of nitrogens with one attached hydrogen (secondary N) is 1. The van der Waals surface area contributed by atoms with Crippen LogP contribution in [0.3, 0.4) is 0 Å². The number of carbonyl (C=O) groups excluding carboxylic acids is 2. The Morgan fingerprint density at radius 3 is 2.25 bits per heavy atom. The van der Waals surface area contributed by atoms with Crippen LogP contribution in [0.4, 0.5) is 5.69 Å². The molecule has 0 aliphatic carbocycles. The number of carbonyl (C=O) groups is 2. The van der Waals surface area contributed by atoms with Gasteiger partial charge in [-0.2, -0.15) is 0 Å². The number of Topliss-reactive ketones (excluding diaryl/α,β-unsaturated/α-hetero) is 1. The van der Waals surface area contributed by atoms with Crippen LogP contribution in [0.2, 0.25) is 0 Å². The molecule has 28 heavy (non-hydrogen) atoms. The highest BCUT2D eigenvalue weighted by atomic mass is 16.5. The maximum Gasteiger partial charge on any atom is 0.339 e. The molecule has 0 radical (unpaired) electrons. The maximum absolute atomic E-state index is 12.8. The van der Waals surface area contributed by atoms with Crippen LogP contribution in [-0.4, -0.2) is 68.6 Å². The first kappa shape index (κ1) is 19.9. The molecule has 3 rings (SSSR count). The standard InChI is InChI=1S/C21H27N3O4/c1-14-19(21(26)28-4)15(2)22-20(14)18(25)13-23-9-11-24(12-10-23)16-5-7-17(27-3)8-6-16/h5-8,22H,9-13H2,1-4H3. The molecule has 2 aromatic rings. The van der Waals surface area contributed by atoms with Gasteiger partial charge in [0.2, 0.25) is 0 Å². The molecule has 0 amide bonds. The third kappa shape index (κ3) is 4.04. The number of aryl methyl sites for hydroxylation is 1. The third-order valence-electron chi connectivity index (χ3n) is 5.28. The summed E-state index contributed by atoms with van der Waals surface area (Å²) in [6, 6.07) is 8.03. The number of H-pyrrole nitrogens is 1. The van der Waals surface area contributed by atoms with E-state index in [9.17, 15) is 9.59 Å². The van der Waals surface area contributed by atoms with Crippen LogP contribution in [0.15, 0.2) is 24.3 Å². The summed E-state index contributed by atoms with van der Waals surface area (Å²) < 4.78 is 10.0. The minimum Gasteiger partial charge on any atom is -0.497 e. The molecule has 7 heteroatoms. The van der Waals surface area contributed by atoms with E-state index in [-0.39, 0.29) is 5.78 Å². The number of aromatic amines is 1. The number of methoxy groups -OCH3 is 2. The van der Waals surface area contributed by atoms with Crippen molar-refractivity contribution in [3.05, 3.63) is 46.8 Å². The Labute approximate surface area is 165 Å². The van der Waals surface area contributed by atoms with Gasteiger partial charge in [-0.1, -0.05) is 0 Å². The Morgan fingerprint density at radius 1 is 1.04 bits per heavy atom. The van der Waals surface area contributed by atoms with Gasteiger partial charge in [-0.05, 0) is 43.7 Å². The Hall–Kier alpha value is -2.80. The largest absolute Gasteiger partial charge is 0.497 e. The lowest BCUT2D eigenvalue weighted by molar-refractivity contribution is 0.0599. The van der Waals surface area contributed by atoms with E-state index in [0.29, 0.717) is 29.1 Å². The molecule has 1 aliphatic rings. The van der Waals surface area contributed by atoms with Crippen LogP contribution < -0.4 is 9.64 Å². The molecule has 1 aromatic heterocycles. The number of ether oxygens (including phenoxy) is 2. The fourth-order valence-corrected chi connectivity index (χ4v) is 3.68. The Morgan fingerprint density at radius 2 is 1.68 bits per heavy atom. The van der Waals surface area contributed by atoms with Crippen LogP contribution in [0.1, 0.15) is 32.1 Å². The lowest BCUT2D eigenvalue weighted by Gasteiger charge is -2.35. The van der Waals surface area contributed by atoms with Crippen molar-refractivity contribution in [2.75, 3.05) is 51.8 Å². The molecule has 0 unspecified atom stereocenters. The summed E-state index contributed by atoms with van der Waals surface area (Å²) in [4.78, 5) is 32.2.